The van der Waals surface area contributed by atoms with Crippen LogP contribution in [0.1, 0.15) is 52.5 Å². The summed E-state index contributed by atoms with van der Waals surface area (Å²) in [5.74, 6) is 0.0485. The number of ketones is 1. The van der Waals surface area contributed by atoms with E-state index in [1.54, 1.807) is 0 Å². The second-order valence-electron chi connectivity index (χ2n) is 7.67. The molecule has 0 radical (unpaired) electrons. The standard InChI is InChI=1S/C20H26INO3/c1-5-9-15-17(21)16(23)13-20(19(2,3)4,22(15)18(24)25)12-14-10-7-6-8-11-14/h6-8,10-11H,5,9,12-13H2,1-4H3,(H,24,25). The summed E-state index contributed by atoms with van der Waals surface area (Å²) in [5, 5.41) is 10.1. The van der Waals surface area contributed by atoms with Gasteiger partial charge in [-0.3, -0.25) is 9.69 Å². The number of nitrogens with zero attached hydrogens (tertiary/aromatic N) is 1. The van der Waals surface area contributed by atoms with Crippen LogP contribution < -0.4 is 0 Å². The third-order valence-electron chi connectivity index (χ3n) is 5.06. The van der Waals surface area contributed by atoms with E-state index in [0.717, 1.165) is 12.0 Å². The van der Waals surface area contributed by atoms with Gasteiger partial charge in [0, 0.05) is 12.1 Å². The molecule has 0 bridgehead atoms. The number of amides is 1. The van der Waals surface area contributed by atoms with Crippen molar-refractivity contribution >= 4 is 34.5 Å². The van der Waals surface area contributed by atoms with Crippen molar-refractivity contribution < 1.29 is 14.7 Å². The largest absolute Gasteiger partial charge is 0.465 e. The van der Waals surface area contributed by atoms with Gasteiger partial charge in [0.25, 0.3) is 0 Å². The number of hydrogen-bond acceptors (Lipinski definition) is 2. The Kier molecular flexibility index (Phi) is 5.97. The molecule has 1 aliphatic heterocycles. The normalized spacial score (nSPS) is 21.6. The van der Waals surface area contributed by atoms with Crippen molar-refractivity contribution in [2.45, 2.75) is 58.9 Å². The number of halogens is 1. The van der Waals surface area contributed by atoms with Gasteiger partial charge in [-0.1, -0.05) is 64.4 Å². The fourth-order valence-corrected chi connectivity index (χ4v) is 4.34. The van der Waals surface area contributed by atoms with Crippen LogP contribution in [0.3, 0.4) is 0 Å². The van der Waals surface area contributed by atoms with E-state index in [1.807, 2.05) is 80.6 Å². The molecule has 0 saturated heterocycles. The number of hydrogen-bond donors (Lipinski definition) is 1. The summed E-state index contributed by atoms with van der Waals surface area (Å²) in [6, 6.07) is 9.85. The molecule has 0 spiro atoms. The Morgan fingerprint density at radius 3 is 2.36 bits per heavy atom. The van der Waals surface area contributed by atoms with E-state index in [0.29, 0.717) is 22.1 Å². The van der Waals surface area contributed by atoms with E-state index in [1.165, 1.54) is 4.90 Å². The van der Waals surface area contributed by atoms with Crippen molar-refractivity contribution in [1.29, 1.82) is 0 Å². The van der Waals surface area contributed by atoms with Crippen LogP contribution >= 0.6 is 22.6 Å². The Balaban J connectivity index is 2.68. The van der Waals surface area contributed by atoms with Crippen molar-refractivity contribution in [3.63, 3.8) is 0 Å². The molecule has 5 heteroatoms. The first-order valence-corrected chi connectivity index (χ1v) is 9.71. The van der Waals surface area contributed by atoms with Crippen LogP contribution in [0.4, 0.5) is 4.79 Å². The predicted molar refractivity (Wildman–Crippen MR) is 108 cm³/mol. The number of carbonyl (C=O) groups excluding carboxylic acids is 1. The third kappa shape index (κ3) is 3.76. The Morgan fingerprint density at radius 1 is 1.28 bits per heavy atom. The molecule has 25 heavy (non-hydrogen) atoms. The van der Waals surface area contributed by atoms with Gasteiger partial charge in [0.2, 0.25) is 0 Å². The summed E-state index contributed by atoms with van der Waals surface area (Å²) >= 11 is 2.02. The second-order valence-corrected chi connectivity index (χ2v) is 8.75. The highest BCUT2D eigenvalue weighted by atomic mass is 127. The van der Waals surface area contributed by atoms with Gasteiger partial charge in [-0.25, -0.2) is 4.79 Å². The molecular formula is C20H26INO3. The number of rotatable bonds is 4. The first kappa shape index (κ1) is 19.9. The summed E-state index contributed by atoms with van der Waals surface area (Å²) in [7, 11) is 0. The SMILES string of the molecule is CCCC1=C(I)C(=O)CC(Cc2ccccc2)(C(C)(C)C)N1C(=O)O. The van der Waals surface area contributed by atoms with E-state index in [4.69, 9.17) is 0 Å². The molecule has 2 rings (SSSR count). The van der Waals surface area contributed by atoms with Crippen LogP contribution in [-0.4, -0.2) is 27.4 Å². The van der Waals surface area contributed by atoms with Crippen LogP contribution in [0.5, 0.6) is 0 Å². The van der Waals surface area contributed by atoms with E-state index in [9.17, 15) is 14.7 Å². The zero-order valence-electron chi connectivity index (χ0n) is 15.3. The molecule has 1 aromatic rings. The van der Waals surface area contributed by atoms with E-state index in [-0.39, 0.29) is 12.2 Å². The number of benzene rings is 1. The lowest BCUT2D eigenvalue weighted by atomic mass is 9.65. The zero-order chi connectivity index (χ0) is 18.8. The van der Waals surface area contributed by atoms with Gasteiger partial charge < -0.3 is 5.11 Å². The smallest absolute Gasteiger partial charge is 0.412 e. The number of carbonyl (C=O) groups is 2. The highest BCUT2D eigenvalue weighted by molar-refractivity contribution is 14.1. The Bertz CT molecular complexity index is 691. The Labute approximate surface area is 163 Å². The number of Topliss-reactive ketones (excluding diaryl/α,β-unsaturated/α-hetero) is 1. The first-order valence-electron chi connectivity index (χ1n) is 8.63. The van der Waals surface area contributed by atoms with Gasteiger partial charge in [-0.15, -0.1) is 0 Å². The molecule has 1 heterocycles. The van der Waals surface area contributed by atoms with E-state index in [2.05, 4.69) is 0 Å². The predicted octanol–water partition coefficient (Wildman–Crippen LogP) is 5.41. The van der Waals surface area contributed by atoms with Gasteiger partial charge in [0.05, 0.1) is 9.12 Å². The van der Waals surface area contributed by atoms with Gasteiger partial charge in [0.15, 0.2) is 5.78 Å². The van der Waals surface area contributed by atoms with Gasteiger partial charge in [-0.2, -0.15) is 0 Å². The molecule has 1 N–H and O–H groups in total. The lowest BCUT2D eigenvalue weighted by Crippen LogP contribution is -2.63. The zero-order valence-corrected chi connectivity index (χ0v) is 17.5. The maximum absolute atomic E-state index is 12.8. The molecule has 4 nitrogen and oxygen atoms in total. The molecule has 0 aromatic heterocycles. The molecule has 1 amide bonds. The van der Waals surface area contributed by atoms with Crippen LogP contribution in [0, 0.1) is 5.41 Å². The third-order valence-corrected chi connectivity index (χ3v) is 6.29. The van der Waals surface area contributed by atoms with Crippen molar-refractivity contribution in [3.8, 4) is 0 Å². The summed E-state index contributed by atoms with van der Waals surface area (Å²) in [4.78, 5) is 26.6. The van der Waals surface area contributed by atoms with Crippen LogP contribution in [0.2, 0.25) is 0 Å². The Morgan fingerprint density at radius 2 is 1.88 bits per heavy atom. The lowest BCUT2D eigenvalue weighted by Gasteiger charge is -2.54. The maximum Gasteiger partial charge on any atom is 0.412 e. The van der Waals surface area contributed by atoms with Crippen molar-refractivity contribution in [3.05, 3.63) is 45.2 Å². The second kappa shape index (κ2) is 7.48. The molecule has 1 unspecified atom stereocenters. The molecule has 1 aliphatic rings. The molecule has 1 atom stereocenters. The summed E-state index contributed by atoms with van der Waals surface area (Å²) < 4.78 is 0.565. The molecular weight excluding hydrogens is 429 g/mol. The summed E-state index contributed by atoms with van der Waals surface area (Å²) in [6.45, 7) is 8.09. The average Bonchev–Trinajstić information content (AvgIpc) is 2.52. The average molecular weight is 455 g/mol. The topological polar surface area (TPSA) is 57.6 Å². The van der Waals surface area contributed by atoms with Crippen LogP contribution in [0.15, 0.2) is 39.6 Å². The molecule has 1 aromatic carbocycles. The lowest BCUT2D eigenvalue weighted by molar-refractivity contribution is -0.121. The molecule has 0 saturated carbocycles. The first-order chi connectivity index (χ1) is 11.6. The highest BCUT2D eigenvalue weighted by Gasteiger charge is 2.54. The maximum atomic E-state index is 12.8. The minimum atomic E-state index is -0.976. The van der Waals surface area contributed by atoms with Crippen molar-refractivity contribution in [2.24, 2.45) is 5.41 Å². The monoisotopic (exact) mass is 455 g/mol. The Hall–Kier alpha value is -1.37. The minimum absolute atomic E-state index is 0.0485. The summed E-state index contributed by atoms with van der Waals surface area (Å²) in [6.07, 6.45) is 1.14. The summed E-state index contributed by atoms with van der Waals surface area (Å²) in [5.41, 5.74) is 0.505. The quantitative estimate of drug-likeness (QED) is 0.618. The van der Waals surface area contributed by atoms with Crippen molar-refractivity contribution in [1.82, 2.24) is 4.90 Å². The van der Waals surface area contributed by atoms with E-state index < -0.39 is 17.0 Å². The van der Waals surface area contributed by atoms with Gasteiger partial charge >= 0.3 is 6.09 Å². The fourth-order valence-electron chi connectivity index (χ4n) is 3.64. The highest BCUT2D eigenvalue weighted by Crippen LogP contribution is 2.48. The van der Waals surface area contributed by atoms with Crippen LogP contribution in [-0.2, 0) is 11.2 Å². The molecule has 0 aliphatic carbocycles. The van der Waals surface area contributed by atoms with Gasteiger partial charge in [0.1, 0.15) is 0 Å². The van der Waals surface area contributed by atoms with Crippen molar-refractivity contribution in [2.75, 3.05) is 0 Å². The number of carboxylic acid groups (broad SMARTS) is 1. The van der Waals surface area contributed by atoms with Gasteiger partial charge in [-0.05, 0) is 46.4 Å². The molecule has 136 valence electrons. The minimum Gasteiger partial charge on any atom is -0.465 e. The number of allylic oxidation sites excluding steroid dienone is 2. The molecule has 0 fully saturated rings. The van der Waals surface area contributed by atoms with Crippen LogP contribution in [0.25, 0.3) is 0 Å². The van der Waals surface area contributed by atoms with E-state index >= 15 is 0 Å². The fraction of sp³-hybridized carbons (Fsp3) is 0.500.